The number of aryl methyl sites for hydroxylation is 1. The number of cyclic esters (lactones) is 1. The van der Waals surface area contributed by atoms with Gasteiger partial charge in [-0.1, -0.05) is 79.4 Å². The van der Waals surface area contributed by atoms with E-state index in [1.807, 2.05) is 54.6 Å². The van der Waals surface area contributed by atoms with Crippen LogP contribution in [0.3, 0.4) is 0 Å². The lowest BCUT2D eigenvalue weighted by molar-refractivity contribution is -0.172. The van der Waals surface area contributed by atoms with Crippen LogP contribution in [-0.4, -0.2) is 114 Å². The van der Waals surface area contributed by atoms with Crippen molar-refractivity contribution >= 4 is 63.5 Å². The van der Waals surface area contributed by atoms with Crippen molar-refractivity contribution in [3.05, 3.63) is 163 Å². The summed E-state index contributed by atoms with van der Waals surface area (Å²) in [5, 5.41) is 20.5. The highest BCUT2D eigenvalue weighted by Crippen LogP contribution is 2.46. The van der Waals surface area contributed by atoms with Gasteiger partial charge in [0.15, 0.2) is 17.2 Å². The maximum absolute atomic E-state index is 15.5. The first-order valence-electron chi connectivity index (χ1n) is 31.0. The molecule has 0 bridgehead atoms. The normalized spacial score (nSPS) is 16.1. The van der Waals surface area contributed by atoms with Crippen LogP contribution in [0.15, 0.2) is 95.8 Å². The minimum absolute atomic E-state index is 0.0160. The molecule has 2 aromatic heterocycles. The molecule has 4 aromatic carbocycles. The number of carbonyl (C=O) groups excluding carboxylic acids is 8. The third-order valence-corrected chi connectivity index (χ3v) is 17.2. The second-order valence-electron chi connectivity index (χ2n) is 23.2. The largest absolute Gasteiger partial charge is 0.458 e. The first-order valence-corrected chi connectivity index (χ1v) is 31.0. The van der Waals surface area contributed by atoms with Crippen molar-refractivity contribution in [1.29, 1.82) is 0 Å². The van der Waals surface area contributed by atoms with E-state index in [0.29, 0.717) is 84.6 Å². The number of anilines is 1. The number of amides is 4. The van der Waals surface area contributed by atoms with Gasteiger partial charge in [-0.3, -0.25) is 38.4 Å². The molecule has 10 rings (SSSR count). The Hall–Kier alpha value is -9.07. The molecule has 20 nitrogen and oxygen atoms in total. The standard InChI is InChI=1S/C70H73FN6O14/c1-3-70(87)53-37-59-67-51(41-77(59)68(85)52(53)42-91-69(70)86)66-55(24-23-50-43(2)54(71)38-57(75-67)65(50)66)73-63(83)27-25-60(80)56(36-44-12-5-4-6-13-44)74-62(82)26-21-49(79)39-72-61(81)29-31-89-33-35-90-34-32-88-30-11-17-48(78)22-28-64(84)76-40-47-16-8-7-14-45(47)19-20-46-15-9-10-18-58(46)76/h4-10,12-16,18,37-38,55-56,87H,3,11,17,21-36,39-42H2,1-2H3,(H,72,81)(H,73,83)(H,74,82)/t55?,56-,70+/m1/s1. The summed E-state index contributed by atoms with van der Waals surface area (Å²) in [6.07, 6.45) is 0.905. The second kappa shape index (κ2) is 29.7. The van der Waals surface area contributed by atoms with Crippen LogP contribution in [0, 0.1) is 24.6 Å². The number of Topliss-reactive ketones (excluding diaryl/α,β-unsaturated/α-hetero) is 3. The van der Waals surface area contributed by atoms with Gasteiger partial charge in [-0.2, -0.15) is 0 Å². The number of rotatable bonds is 30. The zero-order valence-corrected chi connectivity index (χ0v) is 51.1. The monoisotopic (exact) mass is 1240 g/mol. The van der Waals surface area contributed by atoms with Crippen LogP contribution in [-0.2, 0) is 95.4 Å². The molecule has 21 heteroatoms. The van der Waals surface area contributed by atoms with E-state index in [-0.39, 0.29) is 127 Å². The third-order valence-electron chi connectivity index (χ3n) is 17.2. The van der Waals surface area contributed by atoms with Crippen molar-refractivity contribution in [2.75, 3.05) is 51.1 Å². The number of nitrogens with zero attached hydrogens (tertiary/aromatic N) is 3. The van der Waals surface area contributed by atoms with E-state index in [9.17, 15) is 48.3 Å². The fourth-order valence-corrected chi connectivity index (χ4v) is 12.2. The lowest BCUT2D eigenvalue weighted by Gasteiger charge is -2.31. The SMILES string of the molecule is CC[C@@]1(O)C(=O)OCc2c1cc1n(c2=O)Cc2c-1nc1cc(F)c(C)c3c1c2C(NC(=O)CCC(=O)[C@@H](Cc1ccccc1)NC(=O)CCC(=O)CNC(=O)CCOCCOCCOCCCC(=O)CCC(=O)N1Cc2ccccc2C#Cc2ccccc21)CC3. The molecule has 0 spiro atoms. The van der Waals surface area contributed by atoms with E-state index in [4.69, 9.17) is 23.9 Å². The van der Waals surface area contributed by atoms with Crippen molar-refractivity contribution in [3.63, 3.8) is 0 Å². The fourth-order valence-electron chi connectivity index (χ4n) is 12.2. The Bertz CT molecular complexity index is 3950. The van der Waals surface area contributed by atoms with Crippen molar-refractivity contribution in [1.82, 2.24) is 25.5 Å². The lowest BCUT2D eigenvalue weighted by atomic mass is 9.81. The predicted molar refractivity (Wildman–Crippen MR) is 333 cm³/mol. The molecule has 3 aliphatic heterocycles. The predicted octanol–water partition coefficient (Wildman–Crippen LogP) is 6.69. The van der Waals surface area contributed by atoms with Gasteiger partial charge in [-0.05, 0) is 91.1 Å². The Morgan fingerprint density at radius 3 is 2.22 bits per heavy atom. The Kier molecular flexibility index (Phi) is 21.2. The smallest absolute Gasteiger partial charge is 0.343 e. The van der Waals surface area contributed by atoms with E-state index >= 15 is 4.39 Å². The Balaban J connectivity index is 0.613. The highest BCUT2D eigenvalue weighted by Gasteiger charge is 2.46. The van der Waals surface area contributed by atoms with Crippen molar-refractivity contribution in [2.24, 2.45) is 0 Å². The van der Waals surface area contributed by atoms with Gasteiger partial charge in [0.2, 0.25) is 23.6 Å². The van der Waals surface area contributed by atoms with E-state index in [2.05, 4.69) is 27.8 Å². The number of ether oxygens (including phenoxy) is 4. The number of ketones is 3. The minimum atomic E-state index is -2.06. The molecule has 4 aliphatic rings. The minimum Gasteiger partial charge on any atom is -0.458 e. The number of hydrogen-bond donors (Lipinski definition) is 4. The first kappa shape index (κ1) is 64.9. The molecular weight excluding hydrogens is 1170 g/mol. The summed E-state index contributed by atoms with van der Waals surface area (Å²) < 4.78 is 38.9. The molecule has 5 heterocycles. The number of benzene rings is 4. The van der Waals surface area contributed by atoms with E-state index < -0.39 is 64.3 Å². The maximum Gasteiger partial charge on any atom is 0.343 e. The summed E-state index contributed by atoms with van der Waals surface area (Å²) in [7, 11) is 0. The van der Waals surface area contributed by atoms with Gasteiger partial charge in [0, 0.05) is 91.7 Å². The highest BCUT2D eigenvalue weighted by atomic mass is 19.1. The number of esters is 1. The van der Waals surface area contributed by atoms with Crippen LogP contribution in [0.2, 0.25) is 0 Å². The molecule has 4 N–H and O–H groups in total. The first-order chi connectivity index (χ1) is 44.0. The summed E-state index contributed by atoms with van der Waals surface area (Å²) in [5.74, 6) is 2.65. The van der Waals surface area contributed by atoms with Gasteiger partial charge in [0.25, 0.3) is 5.56 Å². The molecular formula is C70H73FN6O14. The number of aromatic nitrogens is 2. The molecule has 1 unspecified atom stereocenters. The zero-order chi connectivity index (χ0) is 64.2. The van der Waals surface area contributed by atoms with Gasteiger partial charge in [0.05, 0.1) is 92.9 Å². The second-order valence-corrected chi connectivity index (χ2v) is 23.2. The van der Waals surface area contributed by atoms with Crippen molar-refractivity contribution in [3.8, 4) is 23.2 Å². The molecule has 1 aliphatic carbocycles. The molecule has 0 saturated carbocycles. The van der Waals surface area contributed by atoms with E-state index in [1.54, 1.807) is 49.1 Å². The Labute approximate surface area is 525 Å². The Morgan fingerprint density at radius 1 is 0.747 bits per heavy atom. The van der Waals surface area contributed by atoms with Gasteiger partial charge >= 0.3 is 5.97 Å². The maximum atomic E-state index is 15.5. The molecule has 91 heavy (non-hydrogen) atoms. The van der Waals surface area contributed by atoms with Gasteiger partial charge in [-0.15, -0.1) is 0 Å². The molecule has 0 saturated heterocycles. The zero-order valence-electron chi connectivity index (χ0n) is 51.1. The van der Waals surface area contributed by atoms with Gasteiger partial charge < -0.3 is 49.5 Å². The Morgan fingerprint density at radius 2 is 1.44 bits per heavy atom. The average Bonchev–Trinajstić information content (AvgIpc) is 1.66. The summed E-state index contributed by atoms with van der Waals surface area (Å²) in [6.45, 7) is 4.60. The van der Waals surface area contributed by atoms with Gasteiger partial charge in [0.1, 0.15) is 18.2 Å². The molecule has 474 valence electrons. The quantitative estimate of drug-likeness (QED) is 0.0208. The molecule has 3 atom stereocenters. The number of para-hydroxylation sites is 1. The molecule has 4 amide bonds. The number of aliphatic hydroxyl groups is 1. The third kappa shape index (κ3) is 15.2. The van der Waals surface area contributed by atoms with Crippen LogP contribution in [0.1, 0.15) is 139 Å². The number of fused-ring (bicyclic) bond motifs is 7. The van der Waals surface area contributed by atoms with Crippen LogP contribution in [0.25, 0.3) is 22.3 Å². The molecule has 0 radical (unpaired) electrons. The van der Waals surface area contributed by atoms with Crippen LogP contribution in [0.4, 0.5) is 10.1 Å². The summed E-state index contributed by atoms with van der Waals surface area (Å²) in [4.78, 5) is 126. The van der Waals surface area contributed by atoms with E-state index in [0.717, 1.165) is 33.5 Å². The van der Waals surface area contributed by atoms with Gasteiger partial charge in [-0.25, -0.2) is 14.2 Å². The van der Waals surface area contributed by atoms with Crippen molar-refractivity contribution in [2.45, 2.75) is 135 Å². The number of halogens is 1. The van der Waals surface area contributed by atoms with Crippen LogP contribution >= 0.6 is 0 Å². The van der Waals surface area contributed by atoms with Crippen LogP contribution < -0.4 is 26.4 Å². The van der Waals surface area contributed by atoms with Crippen LogP contribution in [0.5, 0.6) is 0 Å². The van der Waals surface area contributed by atoms with E-state index in [1.165, 1.54) is 10.6 Å². The number of pyridine rings is 2. The molecule has 0 fully saturated rings. The summed E-state index contributed by atoms with van der Waals surface area (Å²) in [5.41, 5.74) is 5.29. The average molecular weight is 1240 g/mol. The topological polar surface area (TPSA) is 268 Å². The highest BCUT2D eigenvalue weighted by molar-refractivity contribution is 5.98. The summed E-state index contributed by atoms with van der Waals surface area (Å²) in [6, 6.07) is 25.5. The number of hydrogen-bond acceptors (Lipinski definition) is 15. The number of carbonyl (C=O) groups is 8. The lowest BCUT2D eigenvalue weighted by Crippen LogP contribution is -2.44. The molecule has 6 aromatic rings. The summed E-state index contributed by atoms with van der Waals surface area (Å²) >= 11 is 0. The van der Waals surface area contributed by atoms with Crippen molar-refractivity contribution < 1.29 is 66.8 Å². The number of nitrogens with one attached hydrogen (secondary N) is 3. The fraction of sp³-hybridized carbons (Fsp3) is 0.400.